The number of amides is 1. The second kappa shape index (κ2) is 6.86. The maximum absolute atomic E-state index is 11.8. The first-order valence-electron chi connectivity index (χ1n) is 7.32. The van der Waals surface area contributed by atoms with E-state index in [1.807, 2.05) is 31.2 Å². The van der Waals surface area contributed by atoms with Gasteiger partial charge in [-0.1, -0.05) is 30.5 Å². The molecule has 0 spiro atoms. The van der Waals surface area contributed by atoms with Crippen molar-refractivity contribution < 1.29 is 9.90 Å². The lowest BCUT2D eigenvalue weighted by molar-refractivity contribution is -0.115. The first-order valence-corrected chi connectivity index (χ1v) is 7.32. The fourth-order valence-corrected chi connectivity index (χ4v) is 2.80. The van der Waals surface area contributed by atoms with Gasteiger partial charge < -0.3 is 15.7 Å². The standard InChI is InChI=1S/C16H24N2O2/c1-13-4-6-14(7-5-13)18-15(20)10-17-11-16(12-19)8-2-3-9-16/h4-7,17,19H,2-3,8-12H2,1H3,(H,18,20). The van der Waals surface area contributed by atoms with Crippen LogP contribution in [0, 0.1) is 12.3 Å². The molecule has 1 aromatic carbocycles. The highest BCUT2D eigenvalue weighted by molar-refractivity contribution is 5.92. The SMILES string of the molecule is Cc1ccc(NC(=O)CNCC2(CO)CCCC2)cc1. The second-order valence-electron chi connectivity index (χ2n) is 5.88. The van der Waals surface area contributed by atoms with E-state index in [2.05, 4.69) is 10.6 Å². The fourth-order valence-electron chi connectivity index (χ4n) is 2.80. The van der Waals surface area contributed by atoms with Crippen LogP contribution >= 0.6 is 0 Å². The summed E-state index contributed by atoms with van der Waals surface area (Å²) in [6, 6.07) is 7.75. The Hall–Kier alpha value is -1.39. The number of aliphatic hydroxyl groups excluding tert-OH is 1. The summed E-state index contributed by atoms with van der Waals surface area (Å²) >= 11 is 0. The van der Waals surface area contributed by atoms with Crippen molar-refractivity contribution >= 4 is 11.6 Å². The molecule has 0 aromatic heterocycles. The van der Waals surface area contributed by atoms with E-state index in [0.717, 1.165) is 18.5 Å². The van der Waals surface area contributed by atoms with Crippen LogP contribution < -0.4 is 10.6 Å². The third-order valence-electron chi connectivity index (χ3n) is 4.12. The number of benzene rings is 1. The summed E-state index contributed by atoms with van der Waals surface area (Å²) in [6.45, 7) is 3.23. The Morgan fingerprint density at radius 2 is 1.90 bits per heavy atom. The lowest BCUT2D eigenvalue weighted by Gasteiger charge is -2.26. The second-order valence-corrected chi connectivity index (χ2v) is 5.88. The molecule has 1 aliphatic rings. The minimum atomic E-state index is -0.0417. The number of nitrogens with one attached hydrogen (secondary N) is 2. The number of hydrogen-bond acceptors (Lipinski definition) is 3. The number of anilines is 1. The Kier molecular flexibility index (Phi) is 5.15. The third-order valence-corrected chi connectivity index (χ3v) is 4.12. The summed E-state index contributed by atoms with van der Waals surface area (Å²) in [6.07, 6.45) is 4.46. The van der Waals surface area contributed by atoms with Gasteiger partial charge >= 0.3 is 0 Å². The molecule has 1 amide bonds. The van der Waals surface area contributed by atoms with Gasteiger partial charge in [-0.2, -0.15) is 0 Å². The van der Waals surface area contributed by atoms with Crippen molar-refractivity contribution in [1.29, 1.82) is 0 Å². The van der Waals surface area contributed by atoms with E-state index in [-0.39, 0.29) is 24.5 Å². The molecule has 110 valence electrons. The van der Waals surface area contributed by atoms with Gasteiger partial charge in [0.05, 0.1) is 6.54 Å². The van der Waals surface area contributed by atoms with Gasteiger partial charge in [0.25, 0.3) is 0 Å². The van der Waals surface area contributed by atoms with Gasteiger partial charge in [-0.3, -0.25) is 4.79 Å². The molecule has 1 fully saturated rings. The third kappa shape index (κ3) is 4.05. The topological polar surface area (TPSA) is 61.4 Å². The molecule has 0 unspecified atom stereocenters. The average Bonchev–Trinajstić information content (AvgIpc) is 2.91. The molecule has 0 bridgehead atoms. The molecule has 1 aliphatic carbocycles. The zero-order valence-electron chi connectivity index (χ0n) is 12.1. The zero-order chi connectivity index (χ0) is 14.4. The number of aryl methyl sites for hydroxylation is 1. The highest BCUT2D eigenvalue weighted by atomic mass is 16.3. The molecule has 4 nitrogen and oxygen atoms in total. The van der Waals surface area contributed by atoms with Crippen LogP contribution in [0.1, 0.15) is 31.2 Å². The summed E-state index contributed by atoms with van der Waals surface area (Å²) in [5, 5.41) is 15.5. The van der Waals surface area contributed by atoms with Crippen molar-refractivity contribution in [2.75, 3.05) is 25.0 Å². The predicted octanol–water partition coefficient (Wildman–Crippen LogP) is 2.08. The van der Waals surface area contributed by atoms with Gasteiger partial charge in [0.15, 0.2) is 0 Å². The maximum Gasteiger partial charge on any atom is 0.238 e. The van der Waals surface area contributed by atoms with Crippen LogP contribution in [-0.2, 0) is 4.79 Å². The van der Waals surface area contributed by atoms with E-state index >= 15 is 0 Å². The summed E-state index contributed by atoms with van der Waals surface area (Å²) < 4.78 is 0. The van der Waals surface area contributed by atoms with Gasteiger partial charge in [0.2, 0.25) is 5.91 Å². The van der Waals surface area contributed by atoms with Crippen molar-refractivity contribution in [2.45, 2.75) is 32.6 Å². The van der Waals surface area contributed by atoms with Crippen molar-refractivity contribution in [3.8, 4) is 0 Å². The monoisotopic (exact) mass is 276 g/mol. The molecule has 4 heteroatoms. The van der Waals surface area contributed by atoms with Crippen LogP contribution in [-0.4, -0.2) is 30.7 Å². The quantitative estimate of drug-likeness (QED) is 0.745. The predicted molar refractivity (Wildman–Crippen MR) is 80.7 cm³/mol. The molecule has 0 heterocycles. The van der Waals surface area contributed by atoms with Gasteiger partial charge in [-0.25, -0.2) is 0 Å². The first kappa shape index (κ1) is 15.0. The first-order chi connectivity index (χ1) is 9.63. The van der Waals surface area contributed by atoms with Crippen LogP contribution in [0.2, 0.25) is 0 Å². The Balaban J connectivity index is 1.73. The smallest absolute Gasteiger partial charge is 0.238 e. The Morgan fingerprint density at radius 3 is 2.50 bits per heavy atom. The number of rotatable bonds is 6. The number of carbonyl (C=O) groups is 1. The average molecular weight is 276 g/mol. The van der Waals surface area contributed by atoms with Crippen LogP contribution in [0.3, 0.4) is 0 Å². The summed E-state index contributed by atoms with van der Waals surface area (Å²) in [4.78, 5) is 11.8. The lowest BCUT2D eigenvalue weighted by Crippen LogP contribution is -2.38. The summed E-state index contributed by atoms with van der Waals surface area (Å²) in [5.41, 5.74) is 1.98. The molecule has 0 aliphatic heterocycles. The molecule has 0 atom stereocenters. The molecule has 1 saturated carbocycles. The molecule has 0 radical (unpaired) electrons. The van der Waals surface area contributed by atoms with E-state index < -0.39 is 0 Å². The van der Waals surface area contributed by atoms with Gasteiger partial charge in [-0.05, 0) is 31.9 Å². The van der Waals surface area contributed by atoms with Crippen LogP contribution in [0.15, 0.2) is 24.3 Å². The molecular weight excluding hydrogens is 252 g/mol. The molecule has 2 rings (SSSR count). The molecule has 3 N–H and O–H groups in total. The zero-order valence-corrected chi connectivity index (χ0v) is 12.1. The molecule has 0 saturated heterocycles. The lowest BCUT2D eigenvalue weighted by atomic mass is 9.87. The van der Waals surface area contributed by atoms with Crippen LogP contribution in [0.4, 0.5) is 5.69 Å². The molecular formula is C16H24N2O2. The van der Waals surface area contributed by atoms with E-state index in [1.54, 1.807) is 0 Å². The molecule has 20 heavy (non-hydrogen) atoms. The van der Waals surface area contributed by atoms with Gasteiger partial charge in [-0.15, -0.1) is 0 Å². The van der Waals surface area contributed by atoms with Crippen LogP contribution in [0.5, 0.6) is 0 Å². The van der Waals surface area contributed by atoms with E-state index in [1.165, 1.54) is 18.4 Å². The Labute approximate surface area is 120 Å². The van der Waals surface area contributed by atoms with Crippen molar-refractivity contribution in [3.63, 3.8) is 0 Å². The Bertz CT molecular complexity index is 436. The minimum Gasteiger partial charge on any atom is -0.396 e. The number of aliphatic hydroxyl groups is 1. The summed E-state index contributed by atoms with van der Waals surface area (Å²) in [5.74, 6) is -0.0417. The van der Waals surface area contributed by atoms with Crippen LogP contribution in [0.25, 0.3) is 0 Å². The number of carbonyl (C=O) groups excluding carboxylic acids is 1. The van der Waals surface area contributed by atoms with Crippen molar-refractivity contribution in [3.05, 3.63) is 29.8 Å². The highest BCUT2D eigenvalue weighted by Crippen LogP contribution is 2.36. The van der Waals surface area contributed by atoms with Gasteiger partial charge in [0, 0.05) is 24.3 Å². The normalized spacial score (nSPS) is 17.1. The highest BCUT2D eigenvalue weighted by Gasteiger charge is 2.32. The van der Waals surface area contributed by atoms with Crippen molar-refractivity contribution in [1.82, 2.24) is 5.32 Å². The summed E-state index contributed by atoms with van der Waals surface area (Å²) in [7, 11) is 0. The largest absolute Gasteiger partial charge is 0.396 e. The Morgan fingerprint density at radius 1 is 1.25 bits per heavy atom. The maximum atomic E-state index is 11.8. The minimum absolute atomic E-state index is 0.00978. The molecule has 1 aromatic rings. The van der Waals surface area contributed by atoms with E-state index in [4.69, 9.17) is 0 Å². The van der Waals surface area contributed by atoms with Gasteiger partial charge in [0.1, 0.15) is 0 Å². The fraction of sp³-hybridized carbons (Fsp3) is 0.562. The van der Waals surface area contributed by atoms with Crippen molar-refractivity contribution in [2.24, 2.45) is 5.41 Å². The van der Waals surface area contributed by atoms with E-state index in [9.17, 15) is 9.90 Å². The van der Waals surface area contributed by atoms with E-state index in [0.29, 0.717) is 6.54 Å². The number of hydrogen-bond donors (Lipinski definition) is 3.